The van der Waals surface area contributed by atoms with Gasteiger partial charge in [-0.05, 0) is 24.7 Å². The van der Waals surface area contributed by atoms with Gasteiger partial charge >= 0.3 is 0 Å². The van der Waals surface area contributed by atoms with Crippen molar-refractivity contribution >= 4 is 5.52 Å². The van der Waals surface area contributed by atoms with E-state index in [0.29, 0.717) is 6.54 Å². The van der Waals surface area contributed by atoms with E-state index in [1.807, 2.05) is 29.8 Å². The third-order valence-electron chi connectivity index (χ3n) is 2.22. The van der Waals surface area contributed by atoms with Crippen molar-refractivity contribution in [1.82, 2.24) is 14.7 Å². The molecule has 0 saturated carbocycles. The molecule has 0 aliphatic heterocycles. The molecule has 2 N–H and O–H groups in total. The summed E-state index contributed by atoms with van der Waals surface area (Å²) in [4.78, 5) is 4.01. The summed E-state index contributed by atoms with van der Waals surface area (Å²) >= 11 is 0. The Labute approximate surface area is 82.2 Å². The Balaban J connectivity index is 2.33. The fraction of sp³-hybridized carbons (Fsp3) is 0.300. The molecule has 4 heteroatoms. The van der Waals surface area contributed by atoms with Crippen molar-refractivity contribution in [3.05, 3.63) is 36.4 Å². The van der Waals surface area contributed by atoms with Gasteiger partial charge < -0.3 is 14.8 Å². The van der Waals surface area contributed by atoms with E-state index in [9.17, 15) is 5.11 Å². The van der Waals surface area contributed by atoms with Gasteiger partial charge in [0.05, 0.1) is 24.1 Å². The molecule has 2 aromatic rings. The van der Waals surface area contributed by atoms with E-state index in [4.69, 9.17) is 0 Å². The zero-order chi connectivity index (χ0) is 9.97. The van der Waals surface area contributed by atoms with Gasteiger partial charge in [0.15, 0.2) is 0 Å². The van der Waals surface area contributed by atoms with E-state index in [2.05, 4.69) is 10.3 Å². The average molecular weight is 191 g/mol. The summed E-state index contributed by atoms with van der Waals surface area (Å²) in [5, 5.41) is 12.7. The second-order valence-electron chi connectivity index (χ2n) is 3.26. The van der Waals surface area contributed by atoms with Crippen LogP contribution in [0.1, 0.15) is 11.7 Å². The third-order valence-corrected chi connectivity index (χ3v) is 2.22. The molecule has 1 unspecified atom stereocenters. The molecule has 0 amide bonds. The van der Waals surface area contributed by atoms with Gasteiger partial charge in [-0.15, -0.1) is 0 Å². The Bertz CT molecular complexity index is 424. The first-order valence-electron chi connectivity index (χ1n) is 4.55. The highest BCUT2D eigenvalue weighted by molar-refractivity contribution is 5.47. The van der Waals surface area contributed by atoms with E-state index in [1.54, 1.807) is 12.5 Å². The summed E-state index contributed by atoms with van der Waals surface area (Å²) in [6, 6.07) is 3.84. The molecular weight excluding hydrogens is 178 g/mol. The fourth-order valence-corrected chi connectivity index (χ4v) is 1.45. The van der Waals surface area contributed by atoms with Crippen molar-refractivity contribution in [2.75, 3.05) is 13.6 Å². The van der Waals surface area contributed by atoms with Gasteiger partial charge in [0.1, 0.15) is 0 Å². The van der Waals surface area contributed by atoms with Crippen LogP contribution in [0.15, 0.2) is 30.9 Å². The second kappa shape index (κ2) is 3.77. The van der Waals surface area contributed by atoms with Crippen LogP contribution < -0.4 is 5.32 Å². The highest BCUT2D eigenvalue weighted by atomic mass is 16.3. The summed E-state index contributed by atoms with van der Waals surface area (Å²) in [5.41, 5.74) is 1.91. The first-order valence-corrected chi connectivity index (χ1v) is 4.55. The summed E-state index contributed by atoms with van der Waals surface area (Å²) < 4.78 is 1.91. The zero-order valence-corrected chi connectivity index (χ0v) is 8.01. The summed E-state index contributed by atoms with van der Waals surface area (Å²) in [6.07, 6.45) is 4.95. The van der Waals surface area contributed by atoms with Crippen LogP contribution in [0.3, 0.4) is 0 Å². The largest absolute Gasteiger partial charge is 0.387 e. The number of imidazole rings is 1. The standard InChI is InChI=1S/C10H13N3O/c1-11-6-10(14)8-2-3-13-7-12-5-9(13)4-8/h2-5,7,10-11,14H,6H2,1H3. The van der Waals surface area contributed by atoms with Crippen LogP contribution >= 0.6 is 0 Å². The molecule has 4 nitrogen and oxygen atoms in total. The SMILES string of the molecule is CNCC(O)c1ccn2cncc2c1. The van der Waals surface area contributed by atoms with Gasteiger partial charge in [0.2, 0.25) is 0 Å². The Kier molecular flexibility index (Phi) is 2.47. The molecule has 0 aromatic carbocycles. The first-order chi connectivity index (χ1) is 6.81. The van der Waals surface area contributed by atoms with E-state index < -0.39 is 6.10 Å². The molecule has 14 heavy (non-hydrogen) atoms. The van der Waals surface area contributed by atoms with E-state index in [1.165, 1.54) is 0 Å². The van der Waals surface area contributed by atoms with Crippen LogP contribution in [0.5, 0.6) is 0 Å². The van der Waals surface area contributed by atoms with Gasteiger partial charge in [-0.3, -0.25) is 0 Å². The number of pyridine rings is 1. The summed E-state index contributed by atoms with van der Waals surface area (Å²) in [6.45, 7) is 0.560. The smallest absolute Gasteiger partial charge is 0.0991 e. The van der Waals surface area contributed by atoms with Crippen molar-refractivity contribution in [2.24, 2.45) is 0 Å². The minimum Gasteiger partial charge on any atom is -0.387 e. The fourth-order valence-electron chi connectivity index (χ4n) is 1.45. The quantitative estimate of drug-likeness (QED) is 0.746. The summed E-state index contributed by atoms with van der Waals surface area (Å²) in [5.74, 6) is 0. The highest BCUT2D eigenvalue weighted by Crippen LogP contribution is 2.14. The topological polar surface area (TPSA) is 49.6 Å². The molecule has 1 atom stereocenters. The van der Waals surface area contributed by atoms with Crippen LogP contribution in [0.2, 0.25) is 0 Å². The predicted molar refractivity (Wildman–Crippen MR) is 54.1 cm³/mol. The van der Waals surface area contributed by atoms with E-state index in [0.717, 1.165) is 11.1 Å². The van der Waals surface area contributed by atoms with Gasteiger partial charge in [-0.2, -0.15) is 0 Å². The predicted octanol–water partition coefficient (Wildman–Crippen LogP) is 0.587. The van der Waals surface area contributed by atoms with E-state index in [-0.39, 0.29) is 0 Å². The molecular formula is C10H13N3O. The number of nitrogens with zero attached hydrogens (tertiary/aromatic N) is 2. The molecule has 0 radical (unpaired) electrons. The number of hydrogen-bond acceptors (Lipinski definition) is 3. The van der Waals surface area contributed by atoms with Crippen LogP contribution in [-0.4, -0.2) is 28.1 Å². The molecule has 2 rings (SSSR count). The lowest BCUT2D eigenvalue weighted by Crippen LogP contribution is -2.16. The molecule has 0 bridgehead atoms. The molecule has 74 valence electrons. The van der Waals surface area contributed by atoms with Gasteiger partial charge in [-0.25, -0.2) is 4.98 Å². The number of aromatic nitrogens is 2. The number of hydrogen-bond donors (Lipinski definition) is 2. The third kappa shape index (κ3) is 1.62. The Hall–Kier alpha value is -1.39. The van der Waals surface area contributed by atoms with Crippen LogP contribution in [0, 0.1) is 0 Å². The second-order valence-corrected chi connectivity index (χ2v) is 3.26. The summed E-state index contributed by atoms with van der Waals surface area (Å²) in [7, 11) is 1.82. The molecule has 0 saturated heterocycles. The molecule has 0 fully saturated rings. The van der Waals surface area contributed by atoms with Crippen LogP contribution in [0.25, 0.3) is 5.52 Å². The minimum absolute atomic E-state index is 0.458. The number of nitrogens with one attached hydrogen (secondary N) is 1. The minimum atomic E-state index is -0.458. The molecule has 0 aliphatic carbocycles. The molecule has 2 heterocycles. The van der Waals surface area contributed by atoms with Crippen molar-refractivity contribution in [3.63, 3.8) is 0 Å². The van der Waals surface area contributed by atoms with Crippen LogP contribution in [0.4, 0.5) is 0 Å². The molecule has 0 aliphatic rings. The lowest BCUT2D eigenvalue weighted by atomic mass is 10.1. The number of aliphatic hydroxyl groups excluding tert-OH is 1. The zero-order valence-electron chi connectivity index (χ0n) is 8.01. The normalized spacial score (nSPS) is 13.3. The first kappa shape index (κ1) is 9.18. The molecule has 2 aromatic heterocycles. The monoisotopic (exact) mass is 191 g/mol. The maximum Gasteiger partial charge on any atom is 0.0991 e. The number of fused-ring (bicyclic) bond motifs is 1. The van der Waals surface area contributed by atoms with Crippen molar-refractivity contribution in [3.8, 4) is 0 Å². The van der Waals surface area contributed by atoms with Gasteiger partial charge in [-0.1, -0.05) is 0 Å². The Morgan fingerprint density at radius 1 is 1.64 bits per heavy atom. The van der Waals surface area contributed by atoms with Crippen molar-refractivity contribution < 1.29 is 5.11 Å². The lowest BCUT2D eigenvalue weighted by Gasteiger charge is -2.10. The number of aliphatic hydroxyl groups is 1. The van der Waals surface area contributed by atoms with Crippen LogP contribution in [-0.2, 0) is 0 Å². The molecule has 0 spiro atoms. The average Bonchev–Trinajstić information content (AvgIpc) is 2.64. The Morgan fingerprint density at radius 3 is 3.29 bits per heavy atom. The number of likely N-dealkylation sites (N-methyl/N-ethyl adjacent to an activating group) is 1. The lowest BCUT2D eigenvalue weighted by molar-refractivity contribution is 0.178. The van der Waals surface area contributed by atoms with Gasteiger partial charge in [0, 0.05) is 12.7 Å². The van der Waals surface area contributed by atoms with Gasteiger partial charge in [0.25, 0.3) is 0 Å². The van der Waals surface area contributed by atoms with Crippen molar-refractivity contribution in [2.45, 2.75) is 6.10 Å². The Morgan fingerprint density at radius 2 is 2.50 bits per heavy atom. The highest BCUT2D eigenvalue weighted by Gasteiger charge is 2.06. The number of rotatable bonds is 3. The van der Waals surface area contributed by atoms with E-state index >= 15 is 0 Å². The van der Waals surface area contributed by atoms with Crippen molar-refractivity contribution in [1.29, 1.82) is 0 Å². The maximum atomic E-state index is 9.73. The maximum absolute atomic E-state index is 9.73.